The maximum atomic E-state index is 13.1. The van der Waals surface area contributed by atoms with Crippen molar-refractivity contribution >= 4 is 17.4 Å². The molecule has 2 N–H and O–H groups in total. The lowest BCUT2D eigenvalue weighted by molar-refractivity contribution is 0.628. The van der Waals surface area contributed by atoms with Crippen LogP contribution >= 0.6 is 11.6 Å². The lowest BCUT2D eigenvalue weighted by atomic mass is 10.1. The molecule has 0 saturated heterocycles. The van der Waals surface area contributed by atoms with Crippen LogP contribution in [0.2, 0.25) is 5.02 Å². The molecule has 0 fully saturated rings. The number of nitrogen functional groups attached to an aromatic ring is 1. The molecule has 19 heavy (non-hydrogen) atoms. The van der Waals surface area contributed by atoms with E-state index in [1.54, 1.807) is 12.1 Å². The standard InChI is InChI=1S/C14H15ClFN3/c1-8(2)5-10-7-13(17)19-14(18-10)9-3-4-12(16)11(15)6-9/h3-4,6-8H,5H2,1-2H3,(H2,17,18,19). The van der Waals surface area contributed by atoms with Gasteiger partial charge in [0.15, 0.2) is 5.82 Å². The van der Waals surface area contributed by atoms with E-state index in [9.17, 15) is 4.39 Å². The second kappa shape index (κ2) is 5.53. The minimum Gasteiger partial charge on any atom is -0.384 e. The van der Waals surface area contributed by atoms with Gasteiger partial charge < -0.3 is 5.73 Å². The van der Waals surface area contributed by atoms with Crippen LogP contribution < -0.4 is 5.73 Å². The van der Waals surface area contributed by atoms with Crippen LogP contribution in [0, 0.1) is 11.7 Å². The van der Waals surface area contributed by atoms with Crippen LogP contribution in [0.1, 0.15) is 19.5 Å². The van der Waals surface area contributed by atoms with Crippen molar-refractivity contribution in [3.05, 3.63) is 40.8 Å². The first-order valence-electron chi connectivity index (χ1n) is 6.04. The Bertz CT molecular complexity index is 599. The number of nitrogens with two attached hydrogens (primary N) is 1. The Labute approximate surface area is 116 Å². The molecule has 0 unspecified atom stereocenters. The van der Waals surface area contributed by atoms with Crippen LogP contribution in [0.5, 0.6) is 0 Å². The third kappa shape index (κ3) is 3.41. The van der Waals surface area contributed by atoms with Crippen molar-refractivity contribution in [2.75, 3.05) is 5.73 Å². The van der Waals surface area contributed by atoms with Crippen LogP contribution in [0.25, 0.3) is 11.4 Å². The summed E-state index contributed by atoms with van der Waals surface area (Å²) < 4.78 is 13.1. The molecule has 2 rings (SSSR count). The molecule has 1 aromatic heterocycles. The fourth-order valence-corrected chi connectivity index (χ4v) is 1.99. The SMILES string of the molecule is CC(C)Cc1cc(N)nc(-c2ccc(F)c(Cl)c2)n1. The van der Waals surface area contributed by atoms with Gasteiger partial charge >= 0.3 is 0 Å². The van der Waals surface area contributed by atoms with Gasteiger partial charge in [-0.3, -0.25) is 0 Å². The van der Waals surface area contributed by atoms with Crippen molar-refractivity contribution in [2.24, 2.45) is 5.92 Å². The third-order valence-corrected chi connectivity index (χ3v) is 2.88. The Morgan fingerprint density at radius 1 is 1.26 bits per heavy atom. The van der Waals surface area contributed by atoms with Crippen molar-refractivity contribution in [3.8, 4) is 11.4 Å². The lowest BCUT2D eigenvalue weighted by Crippen LogP contribution is -2.03. The van der Waals surface area contributed by atoms with Gasteiger partial charge in [-0.05, 0) is 30.5 Å². The highest BCUT2D eigenvalue weighted by Crippen LogP contribution is 2.23. The summed E-state index contributed by atoms with van der Waals surface area (Å²) in [6.45, 7) is 4.21. The topological polar surface area (TPSA) is 51.8 Å². The van der Waals surface area contributed by atoms with Crippen molar-refractivity contribution in [1.29, 1.82) is 0 Å². The Hall–Kier alpha value is -1.68. The summed E-state index contributed by atoms with van der Waals surface area (Å²) in [6, 6.07) is 6.15. The fraction of sp³-hybridized carbons (Fsp3) is 0.286. The molecule has 0 aliphatic heterocycles. The summed E-state index contributed by atoms with van der Waals surface area (Å²) in [7, 11) is 0. The van der Waals surface area contributed by atoms with Crippen LogP contribution in [0.4, 0.5) is 10.2 Å². The highest BCUT2D eigenvalue weighted by atomic mass is 35.5. The van der Waals surface area contributed by atoms with Gasteiger partial charge in [0, 0.05) is 17.3 Å². The number of benzene rings is 1. The molecule has 1 aromatic carbocycles. The van der Waals surface area contributed by atoms with E-state index in [0.29, 0.717) is 23.1 Å². The van der Waals surface area contributed by atoms with Crippen LogP contribution in [-0.4, -0.2) is 9.97 Å². The third-order valence-electron chi connectivity index (χ3n) is 2.59. The molecule has 3 nitrogen and oxygen atoms in total. The normalized spacial score (nSPS) is 11.0. The van der Waals surface area contributed by atoms with Gasteiger partial charge in [-0.2, -0.15) is 0 Å². The Morgan fingerprint density at radius 3 is 2.63 bits per heavy atom. The highest BCUT2D eigenvalue weighted by molar-refractivity contribution is 6.31. The first-order valence-corrected chi connectivity index (χ1v) is 6.42. The van der Waals surface area contributed by atoms with E-state index in [2.05, 4.69) is 23.8 Å². The molecule has 1 heterocycles. The number of rotatable bonds is 3. The Balaban J connectivity index is 2.43. The molecule has 0 atom stereocenters. The minimum absolute atomic E-state index is 0.0499. The summed E-state index contributed by atoms with van der Waals surface area (Å²) >= 11 is 5.77. The van der Waals surface area contributed by atoms with Crippen molar-refractivity contribution in [1.82, 2.24) is 9.97 Å². The van der Waals surface area contributed by atoms with E-state index >= 15 is 0 Å². The van der Waals surface area contributed by atoms with Crippen LogP contribution in [-0.2, 0) is 6.42 Å². The highest BCUT2D eigenvalue weighted by Gasteiger charge is 2.09. The van der Waals surface area contributed by atoms with E-state index in [0.717, 1.165) is 12.1 Å². The van der Waals surface area contributed by atoms with Gasteiger partial charge in [0.25, 0.3) is 0 Å². The average molecular weight is 280 g/mol. The van der Waals surface area contributed by atoms with Gasteiger partial charge in [0.2, 0.25) is 0 Å². The molecule has 0 amide bonds. The first-order chi connectivity index (χ1) is 8.95. The minimum atomic E-state index is -0.461. The molecule has 2 aromatic rings. The maximum Gasteiger partial charge on any atom is 0.161 e. The monoisotopic (exact) mass is 279 g/mol. The summed E-state index contributed by atoms with van der Waals surface area (Å²) in [5.41, 5.74) is 7.31. The number of hydrogen-bond donors (Lipinski definition) is 1. The maximum absolute atomic E-state index is 13.1. The summed E-state index contributed by atoms with van der Waals surface area (Å²) in [6.07, 6.45) is 0.814. The molecule has 100 valence electrons. The Morgan fingerprint density at radius 2 is 2.00 bits per heavy atom. The summed E-state index contributed by atoms with van der Waals surface area (Å²) in [4.78, 5) is 8.61. The molecule has 0 aliphatic rings. The molecule has 0 aliphatic carbocycles. The number of hydrogen-bond acceptors (Lipinski definition) is 3. The molecule has 0 radical (unpaired) electrons. The summed E-state index contributed by atoms with van der Waals surface area (Å²) in [5, 5.41) is 0.0499. The molecule has 0 bridgehead atoms. The zero-order valence-electron chi connectivity index (χ0n) is 10.8. The zero-order valence-corrected chi connectivity index (χ0v) is 11.6. The van der Waals surface area contributed by atoms with Gasteiger partial charge in [-0.15, -0.1) is 0 Å². The molecule has 0 spiro atoms. The fourth-order valence-electron chi connectivity index (χ4n) is 1.81. The zero-order chi connectivity index (χ0) is 14.0. The number of nitrogens with zero attached hydrogens (tertiary/aromatic N) is 2. The predicted octanol–water partition coefficient (Wildman–Crippen LogP) is 3.72. The van der Waals surface area contributed by atoms with Crippen molar-refractivity contribution in [3.63, 3.8) is 0 Å². The van der Waals surface area contributed by atoms with Crippen molar-refractivity contribution in [2.45, 2.75) is 20.3 Å². The predicted molar refractivity (Wildman–Crippen MR) is 75.4 cm³/mol. The number of anilines is 1. The van der Waals surface area contributed by atoms with E-state index in [-0.39, 0.29) is 5.02 Å². The number of halogens is 2. The smallest absolute Gasteiger partial charge is 0.161 e. The van der Waals surface area contributed by atoms with Crippen LogP contribution in [0.3, 0.4) is 0 Å². The van der Waals surface area contributed by atoms with E-state index in [1.807, 2.05) is 0 Å². The van der Waals surface area contributed by atoms with E-state index in [1.165, 1.54) is 12.1 Å². The van der Waals surface area contributed by atoms with Crippen LogP contribution in [0.15, 0.2) is 24.3 Å². The number of aromatic nitrogens is 2. The quantitative estimate of drug-likeness (QED) is 0.932. The molecule has 5 heteroatoms. The lowest BCUT2D eigenvalue weighted by Gasteiger charge is -2.08. The van der Waals surface area contributed by atoms with Gasteiger partial charge in [0.05, 0.1) is 5.02 Å². The van der Waals surface area contributed by atoms with Gasteiger partial charge in [0.1, 0.15) is 11.6 Å². The average Bonchev–Trinajstić information content (AvgIpc) is 2.31. The second-order valence-electron chi connectivity index (χ2n) is 4.83. The largest absolute Gasteiger partial charge is 0.384 e. The molecule has 0 saturated carbocycles. The Kier molecular flexibility index (Phi) is 4.00. The van der Waals surface area contributed by atoms with E-state index < -0.39 is 5.82 Å². The van der Waals surface area contributed by atoms with Gasteiger partial charge in [-0.1, -0.05) is 25.4 Å². The summed E-state index contributed by atoms with van der Waals surface area (Å²) in [5.74, 6) is 0.884. The van der Waals surface area contributed by atoms with E-state index in [4.69, 9.17) is 17.3 Å². The molecular weight excluding hydrogens is 265 g/mol. The first kappa shape index (κ1) is 13.7. The molecular formula is C14H15ClFN3. The van der Waals surface area contributed by atoms with Gasteiger partial charge in [-0.25, -0.2) is 14.4 Å². The van der Waals surface area contributed by atoms with Crippen molar-refractivity contribution < 1.29 is 4.39 Å². The second-order valence-corrected chi connectivity index (χ2v) is 5.24.